The van der Waals surface area contributed by atoms with Crippen molar-refractivity contribution >= 4 is 22.6 Å². The highest BCUT2D eigenvalue weighted by molar-refractivity contribution is 6.17. The molecule has 5 heteroatoms. The first-order valence-electron chi connectivity index (χ1n) is 6.68. The molecule has 20 heavy (non-hydrogen) atoms. The van der Waals surface area contributed by atoms with Crippen molar-refractivity contribution < 1.29 is 0 Å². The maximum Gasteiger partial charge on any atom is 0.111 e. The first-order valence-corrected chi connectivity index (χ1v) is 7.21. The second-order valence-corrected chi connectivity index (χ2v) is 5.32. The number of alkyl halides is 1. The number of aryl methyl sites for hydroxylation is 3. The van der Waals surface area contributed by atoms with Crippen LogP contribution in [0.2, 0.25) is 0 Å². The number of nitrogens with zero attached hydrogens (tertiary/aromatic N) is 4. The number of hydrogen-bond acceptors (Lipinski definition) is 2. The average molecular weight is 289 g/mol. The van der Waals surface area contributed by atoms with E-state index < -0.39 is 0 Å². The van der Waals surface area contributed by atoms with Crippen LogP contribution in [-0.4, -0.2) is 25.2 Å². The Morgan fingerprint density at radius 2 is 2.10 bits per heavy atom. The summed E-state index contributed by atoms with van der Waals surface area (Å²) in [6, 6.07) is 8.31. The van der Waals surface area contributed by atoms with Crippen LogP contribution in [0.3, 0.4) is 0 Å². The number of para-hydroxylation sites is 1. The number of aromatic nitrogens is 4. The van der Waals surface area contributed by atoms with Crippen molar-refractivity contribution in [1.29, 1.82) is 0 Å². The predicted octanol–water partition coefficient (Wildman–Crippen LogP) is 2.91. The predicted molar refractivity (Wildman–Crippen MR) is 81.2 cm³/mol. The average Bonchev–Trinajstić information content (AvgIpc) is 2.98. The summed E-state index contributed by atoms with van der Waals surface area (Å²) in [5, 5.41) is 4.23. The summed E-state index contributed by atoms with van der Waals surface area (Å²) in [5.74, 6) is 1.61. The molecule has 2 aromatic heterocycles. The van der Waals surface area contributed by atoms with E-state index in [2.05, 4.69) is 34.8 Å². The van der Waals surface area contributed by atoms with Crippen LogP contribution in [0, 0.1) is 6.92 Å². The van der Waals surface area contributed by atoms with Gasteiger partial charge < -0.3 is 4.57 Å². The Hall–Kier alpha value is -1.81. The van der Waals surface area contributed by atoms with Gasteiger partial charge in [-0.15, -0.1) is 11.6 Å². The molecule has 0 atom stereocenters. The van der Waals surface area contributed by atoms with Crippen molar-refractivity contribution in [3.63, 3.8) is 0 Å². The van der Waals surface area contributed by atoms with Gasteiger partial charge in [-0.25, -0.2) is 4.98 Å². The van der Waals surface area contributed by atoms with E-state index in [9.17, 15) is 0 Å². The molecule has 0 amide bonds. The molecule has 3 aromatic rings. The summed E-state index contributed by atoms with van der Waals surface area (Å²) in [6.07, 6.45) is 2.59. The zero-order valence-corrected chi connectivity index (χ0v) is 12.4. The van der Waals surface area contributed by atoms with E-state index in [1.165, 1.54) is 5.56 Å². The molecule has 0 saturated heterocycles. The van der Waals surface area contributed by atoms with Gasteiger partial charge in [0.05, 0.1) is 23.3 Å². The third-order valence-corrected chi connectivity index (χ3v) is 3.81. The Kier molecular flexibility index (Phi) is 3.49. The lowest BCUT2D eigenvalue weighted by atomic mass is 10.2. The summed E-state index contributed by atoms with van der Waals surface area (Å²) >= 11 is 5.92. The van der Waals surface area contributed by atoms with E-state index in [0.29, 0.717) is 5.88 Å². The van der Waals surface area contributed by atoms with E-state index in [0.717, 1.165) is 35.5 Å². The third kappa shape index (κ3) is 2.20. The molecule has 0 fully saturated rings. The lowest BCUT2D eigenvalue weighted by Crippen LogP contribution is -2.09. The Morgan fingerprint density at radius 3 is 2.80 bits per heavy atom. The van der Waals surface area contributed by atoms with Gasteiger partial charge in [0.2, 0.25) is 0 Å². The fourth-order valence-electron chi connectivity index (χ4n) is 2.51. The first-order chi connectivity index (χ1) is 9.70. The molecule has 0 spiro atoms. The van der Waals surface area contributed by atoms with Gasteiger partial charge in [0.25, 0.3) is 0 Å². The van der Waals surface area contributed by atoms with E-state index in [1.54, 1.807) is 0 Å². The van der Waals surface area contributed by atoms with Crippen LogP contribution in [-0.2, 0) is 20.0 Å². The van der Waals surface area contributed by atoms with E-state index in [-0.39, 0.29) is 0 Å². The molecule has 0 saturated carbocycles. The van der Waals surface area contributed by atoms with Crippen molar-refractivity contribution in [2.24, 2.45) is 7.05 Å². The minimum atomic E-state index is 0.577. The smallest absolute Gasteiger partial charge is 0.111 e. The zero-order valence-electron chi connectivity index (χ0n) is 11.7. The first kappa shape index (κ1) is 13.2. The summed E-state index contributed by atoms with van der Waals surface area (Å²) in [6.45, 7) is 2.86. The Balaban J connectivity index is 2.14. The largest absolute Gasteiger partial charge is 0.322 e. The highest BCUT2D eigenvalue weighted by atomic mass is 35.5. The van der Waals surface area contributed by atoms with Crippen LogP contribution >= 0.6 is 11.6 Å². The van der Waals surface area contributed by atoms with Gasteiger partial charge in [-0.3, -0.25) is 4.68 Å². The number of imidazole rings is 1. The molecule has 0 aliphatic heterocycles. The van der Waals surface area contributed by atoms with Crippen molar-refractivity contribution in [2.75, 3.05) is 5.88 Å². The van der Waals surface area contributed by atoms with E-state index in [4.69, 9.17) is 16.6 Å². The number of fused-ring (bicyclic) bond motifs is 1. The minimum absolute atomic E-state index is 0.577. The normalized spacial score (nSPS) is 11.3. The highest BCUT2D eigenvalue weighted by Crippen LogP contribution is 2.21. The van der Waals surface area contributed by atoms with Crippen LogP contribution in [0.5, 0.6) is 0 Å². The Labute approximate surface area is 123 Å². The molecule has 4 nitrogen and oxygen atoms in total. The van der Waals surface area contributed by atoms with Crippen LogP contribution in [0.15, 0.2) is 30.5 Å². The lowest BCUT2D eigenvalue weighted by Gasteiger charge is -2.09. The second-order valence-electron chi connectivity index (χ2n) is 4.94. The van der Waals surface area contributed by atoms with Crippen molar-refractivity contribution in [2.45, 2.75) is 19.9 Å². The van der Waals surface area contributed by atoms with Crippen LogP contribution in [0.1, 0.15) is 17.1 Å². The van der Waals surface area contributed by atoms with Gasteiger partial charge >= 0.3 is 0 Å². The standard InChI is InChI=1S/C15H17ClN4/c1-11-4-3-5-13-15(11)18-14(6-8-16)20(13)10-12-7-9-17-19(12)2/h3-5,7,9H,6,8,10H2,1-2H3. The summed E-state index contributed by atoms with van der Waals surface area (Å²) in [7, 11) is 1.96. The van der Waals surface area contributed by atoms with Crippen LogP contribution in [0.25, 0.3) is 11.0 Å². The summed E-state index contributed by atoms with van der Waals surface area (Å²) < 4.78 is 4.13. The highest BCUT2D eigenvalue weighted by Gasteiger charge is 2.13. The number of hydrogen-bond donors (Lipinski definition) is 0. The fraction of sp³-hybridized carbons (Fsp3) is 0.333. The Bertz CT molecular complexity index is 741. The van der Waals surface area contributed by atoms with E-state index >= 15 is 0 Å². The fourth-order valence-corrected chi connectivity index (χ4v) is 2.67. The van der Waals surface area contributed by atoms with Gasteiger partial charge in [0.1, 0.15) is 5.82 Å². The minimum Gasteiger partial charge on any atom is -0.322 e. The molecule has 2 heterocycles. The lowest BCUT2D eigenvalue weighted by molar-refractivity contribution is 0.657. The van der Waals surface area contributed by atoms with Gasteiger partial charge in [0, 0.05) is 25.5 Å². The topological polar surface area (TPSA) is 35.6 Å². The molecule has 0 bridgehead atoms. The zero-order chi connectivity index (χ0) is 14.1. The Morgan fingerprint density at radius 1 is 1.25 bits per heavy atom. The maximum absolute atomic E-state index is 5.92. The SMILES string of the molecule is Cc1cccc2c1nc(CCCl)n2Cc1ccnn1C. The second kappa shape index (κ2) is 5.29. The van der Waals surface area contributed by atoms with Crippen molar-refractivity contribution in [1.82, 2.24) is 19.3 Å². The number of benzene rings is 1. The van der Waals surface area contributed by atoms with Gasteiger partial charge in [-0.1, -0.05) is 12.1 Å². The molecule has 0 unspecified atom stereocenters. The van der Waals surface area contributed by atoms with Gasteiger partial charge in [-0.05, 0) is 24.6 Å². The molecule has 0 aliphatic rings. The maximum atomic E-state index is 5.92. The molecular weight excluding hydrogens is 272 g/mol. The monoisotopic (exact) mass is 288 g/mol. The third-order valence-electron chi connectivity index (χ3n) is 3.62. The van der Waals surface area contributed by atoms with Crippen molar-refractivity contribution in [3.05, 3.63) is 47.5 Å². The van der Waals surface area contributed by atoms with Crippen LogP contribution < -0.4 is 0 Å². The number of rotatable bonds is 4. The van der Waals surface area contributed by atoms with Gasteiger partial charge in [-0.2, -0.15) is 5.10 Å². The molecular formula is C15H17ClN4. The molecule has 0 N–H and O–H groups in total. The summed E-state index contributed by atoms with van der Waals surface area (Å²) in [4.78, 5) is 4.76. The molecule has 0 radical (unpaired) electrons. The molecule has 104 valence electrons. The quantitative estimate of drug-likeness (QED) is 0.692. The van der Waals surface area contributed by atoms with Gasteiger partial charge in [0.15, 0.2) is 0 Å². The summed E-state index contributed by atoms with van der Waals surface area (Å²) in [5.41, 5.74) is 4.57. The molecule has 3 rings (SSSR count). The van der Waals surface area contributed by atoms with Crippen LogP contribution in [0.4, 0.5) is 0 Å². The number of halogens is 1. The van der Waals surface area contributed by atoms with E-state index in [1.807, 2.05) is 24.0 Å². The molecule has 0 aliphatic carbocycles. The van der Waals surface area contributed by atoms with Crippen molar-refractivity contribution in [3.8, 4) is 0 Å². The molecule has 1 aromatic carbocycles.